The van der Waals surface area contributed by atoms with Crippen LogP contribution in [-0.2, 0) is 9.59 Å². The first-order valence-electron chi connectivity index (χ1n) is 6.05. The van der Waals surface area contributed by atoms with Crippen molar-refractivity contribution in [1.29, 1.82) is 0 Å². The van der Waals surface area contributed by atoms with E-state index >= 15 is 0 Å². The van der Waals surface area contributed by atoms with Gasteiger partial charge in [-0.25, -0.2) is 0 Å². The van der Waals surface area contributed by atoms with E-state index in [0.717, 1.165) is 24.3 Å². The lowest BCUT2D eigenvalue weighted by atomic mass is 10.1. The molecule has 0 spiro atoms. The molecule has 0 bridgehead atoms. The Bertz CT molecular complexity index is 337. The third-order valence-electron chi connectivity index (χ3n) is 3.94. The van der Waals surface area contributed by atoms with Gasteiger partial charge in [-0.3, -0.25) is 9.59 Å². The topological polar surface area (TPSA) is 66.4 Å². The van der Waals surface area contributed by atoms with Crippen LogP contribution in [0, 0.1) is 17.3 Å². The second kappa shape index (κ2) is 4.52. The van der Waals surface area contributed by atoms with Gasteiger partial charge in [-0.1, -0.05) is 13.8 Å². The van der Waals surface area contributed by atoms with Gasteiger partial charge in [-0.2, -0.15) is 11.8 Å². The molecule has 2 fully saturated rings. The Morgan fingerprint density at radius 2 is 1.82 bits per heavy atom. The van der Waals surface area contributed by atoms with Gasteiger partial charge in [0.15, 0.2) is 0 Å². The van der Waals surface area contributed by atoms with E-state index in [9.17, 15) is 9.59 Å². The van der Waals surface area contributed by atoms with Crippen molar-refractivity contribution in [3.8, 4) is 0 Å². The van der Waals surface area contributed by atoms with Crippen LogP contribution in [-0.4, -0.2) is 34.5 Å². The van der Waals surface area contributed by atoms with Crippen LogP contribution in [0.5, 0.6) is 0 Å². The van der Waals surface area contributed by atoms with Gasteiger partial charge in [-0.05, 0) is 29.8 Å². The Morgan fingerprint density at radius 1 is 1.24 bits per heavy atom. The van der Waals surface area contributed by atoms with Crippen LogP contribution in [0.3, 0.4) is 0 Å². The lowest BCUT2D eigenvalue weighted by molar-refractivity contribution is -0.140. The molecular weight excluding hydrogens is 238 g/mol. The van der Waals surface area contributed by atoms with Crippen molar-refractivity contribution in [3.05, 3.63) is 0 Å². The first-order chi connectivity index (χ1) is 7.94. The summed E-state index contributed by atoms with van der Waals surface area (Å²) >= 11 is 1.91. The van der Waals surface area contributed by atoms with Gasteiger partial charge < -0.3 is 10.4 Å². The summed E-state index contributed by atoms with van der Waals surface area (Å²) in [4.78, 5) is 23.0. The van der Waals surface area contributed by atoms with Crippen molar-refractivity contribution in [3.63, 3.8) is 0 Å². The van der Waals surface area contributed by atoms with E-state index in [-0.39, 0.29) is 23.3 Å². The molecule has 1 aliphatic carbocycles. The molecule has 1 heterocycles. The van der Waals surface area contributed by atoms with E-state index < -0.39 is 11.9 Å². The molecule has 2 aliphatic rings. The number of rotatable bonds is 3. The molecule has 4 nitrogen and oxygen atoms in total. The molecule has 1 saturated heterocycles. The van der Waals surface area contributed by atoms with Crippen molar-refractivity contribution >= 4 is 23.6 Å². The Labute approximate surface area is 106 Å². The molecule has 2 atom stereocenters. The summed E-state index contributed by atoms with van der Waals surface area (Å²) < 4.78 is 0. The standard InChI is InChI=1S/C12H19NO3S/c1-12(2)8(9(12)11(15)16)10(14)13-7-3-5-17-6-4-7/h7-9H,3-6H2,1-2H3,(H,13,14)(H,15,16)/t8-,9+/m1/s1. The zero-order valence-electron chi connectivity index (χ0n) is 10.2. The van der Waals surface area contributed by atoms with Gasteiger partial charge in [-0.15, -0.1) is 0 Å². The minimum Gasteiger partial charge on any atom is -0.481 e. The molecule has 96 valence electrons. The SMILES string of the molecule is CC1(C)[C@H](C(=O)O)[C@@H]1C(=O)NC1CCSCC1. The van der Waals surface area contributed by atoms with Crippen LogP contribution >= 0.6 is 11.8 Å². The van der Waals surface area contributed by atoms with E-state index in [1.54, 1.807) is 0 Å². The fourth-order valence-corrected chi connectivity index (χ4v) is 3.83. The predicted octanol–water partition coefficient (Wildman–Crippen LogP) is 1.35. The van der Waals surface area contributed by atoms with Crippen molar-refractivity contribution < 1.29 is 14.7 Å². The lowest BCUT2D eigenvalue weighted by Gasteiger charge is -2.22. The van der Waals surface area contributed by atoms with Gasteiger partial charge in [0.2, 0.25) is 5.91 Å². The Morgan fingerprint density at radius 3 is 2.29 bits per heavy atom. The van der Waals surface area contributed by atoms with E-state index in [1.807, 2.05) is 25.6 Å². The maximum absolute atomic E-state index is 12.0. The highest BCUT2D eigenvalue weighted by molar-refractivity contribution is 7.99. The summed E-state index contributed by atoms with van der Waals surface area (Å²) in [6.45, 7) is 3.71. The molecule has 2 N–H and O–H groups in total. The Hall–Kier alpha value is -0.710. The molecule has 1 aliphatic heterocycles. The van der Waals surface area contributed by atoms with Gasteiger partial charge in [0.05, 0.1) is 11.8 Å². The monoisotopic (exact) mass is 257 g/mol. The first kappa shape index (κ1) is 12.7. The van der Waals surface area contributed by atoms with Crippen LogP contribution < -0.4 is 5.32 Å². The summed E-state index contributed by atoms with van der Waals surface area (Å²) in [5.41, 5.74) is -0.390. The smallest absolute Gasteiger partial charge is 0.307 e. The van der Waals surface area contributed by atoms with E-state index in [2.05, 4.69) is 5.32 Å². The second-order valence-corrected chi connectivity index (χ2v) is 6.73. The molecule has 1 saturated carbocycles. The number of hydrogen-bond acceptors (Lipinski definition) is 3. The average molecular weight is 257 g/mol. The summed E-state index contributed by atoms with van der Waals surface area (Å²) in [6, 6.07) is 0.245. The normalized spacial score (nSPS) is 31.9. The molecule has 0 aromatic heterocycles. The van der Waals surface area contributed by atoms with Gasteiger partial charge in [0.25, 0.3) is 0 Å². The van der Waals surface area contributed by atoms with Crippen LogP contribution in [0.4, 0.5) is 0 Å². The number of carbonyl (C=O) groups is 2. The van der Waals surface area contributed by atoms with Crippen LogP contribution in [0.2, 0.25) is 0 Å². The van der Waals surface area contributed by atoms with Crippen molar-refractivity contribution in [2.45, 2.75) is 32.7 Å². The highest BCUT2D eigenvalue weighted by atomic mass is 32.2. The minimum absolute atomic E-state index is 0.0701. The van der Waals surface area contributed by atoms with Gasteiger partial charge in [0.1, 0.15) is 0 Å². The van der Waals surface area contributed by atoms with Crippen LogP contribution in [0.15, 0.2) is 0 Å². The fraction of sp³-hybridized carbons (Fsp3) is 0.833. The predicted molar refractivity (Wildman–Crippen MR) is 66.9 cm³/mol. The van der Waals surface area contributed by atoms with Crippen LogP contribution in [0.1, 0.15) is 26.7 Å². The van der Waals surface area contributed by atoms with E-state index in [4.69, 9.17) is 5.11 Å². The molecule has 17 heavy (non-hydrogen) atoms. The summed E-state index contributed by atoms with van der Waals surface area (Å²) in [6.07, 6.45) is 2.00. The number of aliphatic carboxylic acids is 1. The average Bonchev–Trinajstić information content (AvgIpc) is 2.83. The molecule has 5 heteroatoms. The number of carboxylic acid groups (broad SMARTS) is 1. The number of hydrogen-bond donors (Lipinski definition) is 2. The Balaban J connectivity index is 1.90. The quantitative estimate of drug-likeness (QED) is 0.801. The highest BCUT2D eigenvalue weighted by Crippen LogP contribution is 2.58. The molecular formula is C12H19NO3S. The Kier molecular flexibility index (Phi) is 3.39. The summed E-state index contributed by atoms with van der Waals surface area (Å²) in [7, 11) is 0. The number of amides is 1. The van der Waals surface area contributed by atoms with Gasteiger partial charge in [0, 0.05) is 6.04 Å². The fourth-order valence-electron chi connectivity index (χ4n) is 2.72. The van der Waals surface area contributed by atoms with Gasteiger partial charge >= 0.3 is 5.97 Å². The third-order valence-corrected chi connectivity index (χ3v) is 4.99. The molecule has 1 amide bonds. The van der Waals surface area contributed by atoms with Crippen molar-refractivity contribution in [2.75, 3.05) is 11.5 Å². The summed E-state index contributed by atoms with van der Waals surface area (Å²) in [5, 5.41) is 12.0. The van der Waals surface area contributed by atoms with E-state index in [1.165, 1.54) is 0 Å². The number of thioether (sulfide) groups is 1. The first-order valence-corrected chi connectivity index (χ1v) is 7.21. The zero-order valence-corrected chi connectivity index (χ0v) is 11.0. The third kappa shape index (κ3) is 2.44. The minimum atomic E-state index is -0.852. The lowest BCUT2D eigenvalue weighted by Crippen LogP contribution is -2.39. The van der Waals surface area contributed by atoms with Crippen LogP contribution in [0.25, 0.3) is 0 Å². The van der Waals surface area contributed by atoms with Crippen molar-refractivity contribution in [2.24, 2.45) is 17.3 Å². The second-order valence-electron chi connectivity index (χ2n) is 5.51. The number of carbonyl (C=O) groups excluding carboxylic acids is 1. The molecule has 0 unspecified atom stereocenters. The summed E-state index contributed by atoms with van der Waals surface area (Å²) in [5.74, 6) is 0.381. The highest BCUT2D eigenvalue weighted by Gasteiger charge is 2.65. The number of carboxylic acids is 1. The zero-order chi connectivity index (χ0) is 12.6. The largest absolute Gasteiger partial charge is 0.481 e. The van der Waals surface area contributed by atoms with E-state index in [0.29, 0.717) is 0 Å². The molecule has 0 radical (unpaired) electrons. The molecule has 2 rings (SSSR count). The van der Waals surface area contributed by atoms with Crippen molar-refractivity contribution in [1.82, 2.24) is 5.32 Å². The number of nitrogens with one attached hydrogen (secondary N) is 1. The maximum Gasteiger partial charge on any atom is 0.307 e. The molecule has 0 aromatic carbocycles. The maximum atomic E-state index is 12.0. The molecule has 0 aromatic rings.